The van der Waals surface area contributed by atoms with E-state index in [9.17, 15) is 9.59 Å². The molecule has 0 aliphatic rings. The number of nitrogens with zero attached hydrogens (tertiary/aromatic N) is 1. The lowest BCUT2D eigenvalue weighted by Gasteiger charge is -2.21. The van der Waals surface area contributed by atoms with Gasteiger partial charge in [0.2, 0.25) is 5.91 Å². The minimum atomic E-state index is -0.955. The molecule has 168 valence electrons. The summed E-state index contributed by atoms with van der Waals surface area (Å²) in [5.74, 6) is 0.709. The summed E-state index contributed by atoms with van der Waals surface area (Å²) in [6.45, 7) is 0. The Morgan fingerprint density at radius 3 is 2.33 bits per heavy atom. The molecule has 0 spiro atoms. The van der Waals surface area contributed by atoms with Crippen LogP contribution in [0.15, 0.2) is 78.9 Å². The number of carbonyl (C=O) groups excluding carboxylic acids is 2. The van der Waals surface area contributed by atoms with E-state index in [0.717, 1.165) is 22.3 Å². The van der Waals surface area contributed by atoms with E-state index in [4.69, 9.17) is 10.5 Å². The molecular formula is C25H25N5O3. The number of benzene rings is 3. The fraction of sp³-hybridized carbons (Fsp3) is 0.160. The molecule has 3 amide bonds. The number of hydrogen-bond donors (Lipinski definition) is 4. The number of imidazole rings is 1. The van der Waals surface area contributed by atoms with Crippen LogP contribution in [0.3, 0.4) is 0 Å². The highest BCUT2D eigenvalue weighted by Gasteiger charge is 2.24. The number of aromatic amines is 1. The summed E-state index contributed by atoms with van der Waals surface area (Å²) in [5, 5.41) is 5.63. The normalized spacial score (nSPS) is 12.6. The van der Waals surface area contributed by atoms with Crippen molar-refractivity contribution in [2.75, 3.05) is 7.11 Å². The van der Waals surface area contributed by atoms with Crippen LogP contribution in [0.2, 0.25) is 0 Å². The summed E-state index contributed by atoms with van der Waals surface area (Å²) in [6, 6.07) is 22.2. The molecule has 0 fully saturated rings. The summed E-state index contributed by atoms with van der Waals surface area (Å²) < 4.78 is 5.23. The van der Waals surface area contributed by atoms with Gasteiger partial charge in [0.25, 0.3) is 0 Å². The average molecular weight is 444 g/mol. The van der Waals surface area contributed by atoms with Gasteiger partial charge in [0.1, 0.15) is 17.6 Å². The predicted octanol–water partition coefficient (Wildman–Crippen LogP) is 3.38. The topological polar surface area (TPSA) is 122 Å². The Kier molecular flexibility index (Phi) is 6.54. The van der Waals surface area contributed by atoms with Gasteiger partial charge in [-0.2, -0.15) is 0 Å². The summed E-state index contributed by atoms with van der Waals surface area (Å²) in [7, 11) is 1.61. The Hall–Kier alpha value is -4.33. The number of aromatic nitrogens is 2. The molecule has 8 heteroatoms. The quantitative estimate of drug-likeness (QED) is 0.333. The number of hydrogen-bond acceptors (Lipinski definition) is 4. The van der Waals surface area contributed by atoms with Gasteiger partial charge < -0.3 is 26.1 Å². The molecule has 1 unspecified atom stereocenters. The number of fused-ring (bicyclic) bond motifs is 1. The third-order valence-electron chi connectivity index (χ3n) is 5.33. The zero-order valence-corrected chi connectivity index (χ0v) is 18.1. The van der Waals surface area contributed by atoms with Gasteiger partial charge in [-0.25, -0.2) is 9.78 Å². The summed E-state index contributed by atoms with van der Waals surface area (Å²) in [4.78, 5) is 32.9. The Balaban J connectivity index is 1.58. The number of urea groups is 1. The molecule has 4 aromatic rings. The number of ether oxygens (including phenoxy) is 1. The lowest BCUT2D eigenvalue weighted by Crippen LogP contribution is -2.44. The van der Waals surface area contributed by atoms with Gasteiger partial charge in [-0.05, 0) is 41.8 Å². The molecule has 1 heterocycles. The first kappa shape index (κ1) is 21.9. The fourth-order valence-electron chi connectivity index (χ4n) is 3.65. The molecule has 0 bridgehead atoms. The minimum Gasteiger partial charge on any atom is -0.497 e. The third kappa shape index (κ3) is 5.30. The number of para-hydroxylation sites is 2. The lowest BCUT2D eigenvalue weighted by molar-refractivity contribution is -0.119. The van der Waals surface area contributed by atoms with Crippen molar-refractivity contribution in [1.29, 1.82) is 0 Å². The van der Waals surface area contributed by atoms with Crippen LogP contribution in [0.5, 0.6) is 5.75 Å². The third-order valence-corrected chi connectivity index (χ3v) is 5.33. The molecule has 4 rings (SSSR count). The van der Waals surface area contributed by atoms with Crippen molar-refractivity contribution in [2.45, 2.75) is 18.5 Å². The van der Waals surface area contributed by atoms with E-state index >= 15 is 0 Å². The molecule has 0 saturated carbocycles. The zero-order chi connectivity index (χ0) is 23.2. The molecule has 33 heavy (non-hydrogen) atoms. The van der Waals surface area contributed by atoms with Gasteiger partial charge in [-0.3, -0.25) is 4.79 Å². The summed E-state index contributed by atoms with van der Waals surface area (Å²) >= 11 is 0. The van der Waals surface area contributed by atoms with E-state index in [-0.39, 0.29) is 0 Å². The van der Waals surface area contributed by atoms with E-state index < -0.39 is 24.0 Å². The molecule has 0 aliphatic heterocycles. The standard InChI is InChI=1S/C25H25N5O3/c1-33-18-13-11-16(12-14-18)15-21(24-27-19-9-5-6-10-20(19)28-24)29-25(32)30-22(23(26)31)17-7-3-2-4-8-17/h2-14,21-22H,15H2,1H3,(H2,26,31)(H,27,28)(H2,29,30,32)/t21-,22?/m1/s1. The molecule has 0 saturated heterocycles. The molecule has 5 N–H and O–H groups in total. The number of amides is 3. The number of methoxy groups -OCH3 is 1. The smallest absolute Gasteiger partial charge is 0.316 e. The van der Waals surface area contributed by atoms with Crippen molar-refractivity contribution in [1.82, 2.24) is 20.6 Å². The second-order valence-electron chi connectivity index (χ2n) is 7.61. The molecule has 2 atom stereocenters. The van der Waals surface area contributed by atoms with Gasteiger partial charge in [0.15, 0.2) is 0 Å². The number of carbonyl (C=O) groups is 2. The predicted molar refractivity (Wildman–Crippen MR) is 126 cm³/mol. The maximum atomic E-state index is 12.9. The van der Waals surface area contributed by atoms with Crippen LogP contribution < -0.4 is 21.1 Å². The molecule has 0 aliphatic carbocycles. The van der Waals surface area contributed by atoms with Crippen LogP contribution in [0, 0.1) is 0 Å². The van der Waals surface area contributed by atoms with Crippen LogP contribution in [0.4, 0.5) is 4.79 Å². The summed E-state index contributed by atoms with van der Waals surface area (Å²) in [6.07, 6.45) is 0.476. The van der Waals surface area contributed by atoms with E-state index in [1.165, 1.54) is 0 Å². The van der Waals surface area contributed by atoms with Gasteiger partial charge in [-0.1, -0.05) is 54.6 Å². The second kappa shape index (κ2) is 9.86. The monoisotopic (exact) mass is 443 g/mol. The maximum absolute atomic E-state index is 12.9. The first-order valence-electron chi connectivity index (χ1n) is 10.5. The number of rotatable bonds is 8. The lowest BCUT2D eigenvalue weighted by atomic mass is 10.0. The highest BCUT2D eigenvalue weighted by atomic mass is 16.5. The first-order valence-corrected chi connectivity index (χ1v) is 10.5. The van der Waals surface area contributed by atoms with Crippen molar-refractivity contribution in [3.63, 3.8) is 0 Å². The van der Waals surface area contributed by atoms with Crippen LogP contribution in [-0.2, 0) is 11.2 Å². The number of primary amides is 1. The SMILES string of the molecule is COc1ccc(C[C@@H](NC(=O)NC(C(N)=O)c2ccccc2)c2nc3ccccc3[nH]2)cc1. The Bertz CT molecular complexity index is 1200. The largest absolute Gasteiger partial charge is 0.497 e. The molecular weight excluding hydrogens is 418 g/mol. The van der Waals surface area contributed by atoms with Crippen LogP contribution in [0.25, 0.3) is 11.0 Å². The molecule has 0 radical (unpaired) electrons. The van der Waals surface area contributed by atoms with Gasteiger partial charge in [0.05, 0.1) is 24.2 Å². The summed E-state index contributed by atoms with van der Waals surface area (Å²) in [5.41, 5.74) is 8.81. The first-order chi connectivity index (χ1) is 16.0. The number of nitrogens with two attached hydrogens (primary N) is 1. The van der Waals surface area contributed by atoms with Crippen molar-refractivity contribution in [2.24, 2.45) is 5.73 Å². The molecule has 3 aromatic carbocycles. The van der Waals surface area contributed by atoms with Crippen molar-refractivity contribution in [3.05, 3.63) is 95.8 Å². The zero-order valence-electron chi connectivity index (χ0n) is 18.1. The second-order valence-corrected chi connectivity index (χ2v) is 7.61. The molecule has 1 aromatic heterocycles. The number of H-pyrrole nitrogens is 1. The Labute approximate surface area is 191 Å². The Morgan fingerprint density at radius 1 is 0.970 bits per heavy atom. The Morgan fingerprint density at radius 2 is 1.67 bits per heavy atom. The minimum absolute atomic E-state index is 0.476. The molecule has 8 nitrogen and oxygen atoms in total. The highest BCUT2D eigenvalue weighted by molar-refractivity contribution is 5.87. The van der Waals surface area contributed by atoms with E-state index in [1.54, 1.807) is 31.4 Å². The highest BCUT2D eigenvalue weighted by Crippen LogP contribution is 2.22. The van der Waals surface area contributed by atoms with Crippen LogP contribution >= 0.6 is 0 Å². The van der Waals surface area contributed by atoms with Crippen LogP contribution in [-0.4, -0.2) is 29.0 Å². The average Bonchev–Trinajstić information content (AvgIpc) is 3.27. The fourth-order valence-corrected chi connectivity index (χ4v) is 3.65. The van der Waals surface area contributed by atoms with Crippen molar-refractivity contribution >= 4 is 23.0 Å². The van der Waals surface area contributed by atoms with E-state index in [0.29, 0.717) is 17.8 Å². The van der Waals surface area contributed by atoms with Gasteiger partial charge >= 0.3 is 6.03 Å². The maximum Gasteiger partial charge on any atom is 0.316 e. The van der Waals surface area contributed by atoms with Crippen molar-refractivity contribution in [3.8, 4) is 5.75 Å². The van der Waals surface area contributed by atoms with E-state index in [1.807, 2.05) is 54.6 Å². The van der Waals surface area contributed by atoms with Crippen LogP contribution in [0.1, 0.15) is 29.0 Å². The van der Waals surface area contributed by atoms with Gasteiger partial charge in [-0.15, -0.1) is 0 Å². The van der Waals surface area contributed by atoms with E-state index in [2.05, 4.69) is 20.6 Å². The van der Waals surface area contributed by atoms with Crippen molar-refractivity contribution < 1.29 is 14.3 Å². The number of nitrogens with one attached hydrogen (secondary N) is 3. The van der Waals surface area contributed by atoms with Gasteiger partial charge in [0, 0.05) is 0 Å².